The van der Waals surface area contributed by atoms with Gasteiger partial charge in [-0.3, -0.25) is 14.9 Å². The van der Waals surface area contributed by atoms with Crippen LogP contribution in [0.5, 0.6) is 0 Å². The van der Waals surface area contributed by atoms with E-state index in [1.807, 2.05) is 6.92 Å². The average Bonchev–Trinajstić information content (AvgIpc) is 3.15. The molecule has 3 rings (SSSR count). The Balaban J connectivity index is 1.84. The summed E-state index contributed by atoms with van der Waals surface area (Å²) in [5, 5.41) is 12.3. The van der Waals surface area contributed by atoms with Gasteiger partial charge in [-0.15, -0.1) is 0 Å². The van der Waals surface area contributed by atoms with Gasteiger partial charge in [0.25, 0.3) is 11.8 Å². The second-order valence-corrected chi connectivity index (χ2v) is 8.54. The number of anilines is 1. The standard InChI is InChI=1S/C21H19BrCl2N6O3/c1-3-6-26-19(31)13-9-12(23)8-11(2)17(13)27-21(33)28-20(32)15-10-16(22)29-30(15)18-14(24)5-4-7-25-18/h4-5,7-10H,3,6H2,1-2H3,(H,26,31)(H2,27,28,32,33). The van der Waals surface area contributed by atoms with Gasteiger partial charge in [0, 0.05) is 23.8 Å². The lowest BCUT2D eigenvalue weighted by molar-refractivity contribution is 0.0949. The number of imide groups is 1. The third kappa shape index (κ3) is 5.89. The van der Waals surface area contributed by atoms with Crippen LogP contribution in [-0.4, -0.2) is 39.2 Å². The molecule has 0 aliphatic carbocycles. The van der Waals surface area contributed by atoms with Crippen LogP contribution in [-0.2, 0) is 0 Å². The van der Waals surface area contributed by atoms with Gasteiger partial charge in [0.2, 0.25) is 0 Å². The van der Waals surface area contributed by atoms with Crippen molar-refractivity contribution in [2.75, 3.05) is 11.9 Å². The van der Waals surface area contributed by atoms with Gasteiger partial charge in [0.1, 0.15) is 10.3 Å². The molecule has 12 heteroatoms. The van der Waals surface area contributed by atoms with Gasteiger partial charge in [-0.25, -0.2) is 14.5 Å². The van der Waals surface area contributed by atoms with E-state index in [-0.39, 0.29) is 27.8 Å². The molecule has 0 radical (unpaired) electrons. The number of rotatable bonds is 6. The first-order valence-corrected chi connectivity index (χ1v) is 11.3. The van der Waals surface area contributed by atoms with E-state index in [9.17, 15) is 14.4 Å². The molecule has 33 heavy (non-hydrogen) atoms. The minimum atomic E-state index is -0.842. The van der Waals surface area contributed by atoms with E-state index in [0.29, 0.717) is 21.7 Å². The highest BCUT2D eigenvalue weighted by Crippen LogP contribution is 2.26. The second kappa shape index (κ2) is 10.8. The maximum Gasteiger partial charge on any atom is 0.326 e. The fourth-order valence-electron chi connectivity index (χ4n) is 2.94. The molecule has 2 heterocycles. The molecular formula is C21H19BrCl2N6O3. The van der Waals surface area contributed by atoms with Crippen molar-refractivity contribution in [2.24, 2.45) is 0 Å². The number of nitrogens with one attached hydrogen (secondary N) is 3. The highest BCUT2D eigenvalue weighted by Gasteiger charge is 2.22. The van der Waals surface area contributed by atoms with E-state index in [1.165, 1.54) is 23.0 Å². The molecule has 4 amide bonds. The molecule has 0 atom stereocenters. The van der Waals surface area contributed by atoms with Gasteiger partial charge >= 0.3 is 6.03 Å². The molecular weight excluding hydrogens is 535 g/mol. The Morgan fingerprint density at radius 3 is 2.61 bits per heavy atom. The topological polar surface area (TPSA) is 118 Å². The van der Waals surface area contributed by atoms with E-state index in [0.717, 1.165) is 6.42 Å². The molecule has 0 fully saturated rings. The van der Waals surface area contributed by atoms with Crippen LogP contribution >= 0.6 is 39.1 Å². The van der Waals surface area contributed by atoms with Crippen molar-refractivity contribution in [3.8, 4) is 5.82 Å². The number of aromatic nitrogens is 3. The summed E-state index contributed by atoms with van der Waals surface area (Å²) in [5.41, 5.74) is 0.996. The molecule has 0 aliphatic heterocycles. The van der Waals surface area contributed by atoms with Crippen molar-refractivity contribution >= 4 is 62.7 Å². The highest BCUT2D eigenvalue weighted by atomic mass is 79.9. The van der Waals surface area contributed by atoms with Gasteiger partial charge in [0.15, 0.2) is 5.82 Å². The lowest BCUT2D eigenvalue weighted by atomic mass is 10.1. The van der Waals surface area contributed by atoms with E-state index >= 15 is 0 Å². The Bertz CT molecular complexity index is 1230. The first-order valence-electron chi connectivity index (χ1n) is 9.78. The number of hydrogen-bond acceptors (Lipinski definition) is 5. The quantitative estimate of drug-likeness (QED) is 0.407. The van der Waals surface area contributed by atoms with Crippen LogP contribution in [0, 0.1) is 6.92 Å². The SMILES string of the molecule is CCCNC(=O)c1cc(Cl)cc(C)c1NC(=O)NC(=O)c1cc(Br)nn1-c1ncccc1Cl. The minimum absolute atomic E-state index is 0.0198. The molecule has 3 N–H and O–H groups in total. The average molecular weight is 554 g/mol. The summed E-state index contributed by atoms with van der Waals surface area (Å²) in [4.78, 5) is 42.2. The zero-order valence-electron chi connectivity index (χ0n) is 17.6. The Kier molecular flexibility index (Phi) is 8.06. The van der Waals surface area contributed by atoms with Crippen LogP contribution in [0.3, 0.4) is 0 Å². The van der Waals surface area contributed by atoms with Crippen molar-refractivity contribution < 1.29 is 14.4 Å². The van der Waals surface area contributed by atoms with E-state index < -0.39 is 17.8 Å². The van der Waals surface area contributed by atoms with Gasteiger partial charge < -0.3 is 10.6 Å². The molecule has 0 spiro atoms. The van der Waals surface area contributed by atoms with Gasteiger partial charge in [-0.1, -0.05) is 30.1 Å². The Labute approximate surface area is 208 Å². The lowest BCUT2D eigenvalue weighted by Gasteiger charge is -2.15. The highest BCUT2D eigenvalue weighted by molar-refractivity contribution is 9.10. The van der Waals surface area contributed by atoms with Crippen molar-refractivity contribution in [3.05, 3.63) is 68.0 Å². The van der Waals surface area contributed by atoms with E-state index in [1.54, 1.807) is 25.1 Å². The fraction of sp³-hybridized carbons (Fsp3) is 0.190. The molecule has 1 aromatic carbocycles. The summed E-state index contributed by atoms with van der Waals surface area (Å²) in [6, 6.07) is 6.87. The third-order valence-corrected chi connectivity index (χ3v) is 5.30. The molecule has 3 aromatic rings. The summed E-state index contributed by atoms with van der Waals surface area (Å²) < 4.78 is 1.56. The third-order valence-electron chi connectivity index (χ3n) is 4.40. The lowest BCUT2D eigenvalue weighted by Crippen LogP contribution is -2.36. The molecule has 0 unspecified atom stereocenters. The molecule has 0 aliphatic rings. The number of halogens is 3. The molecule has 0 bridgehead atoms. The van der Waals surface area contributed by atoms with Crippen LogP contribution in [0.2, 0.25) is 10.0 Å². The van der Waals surface area contributed by atoms with Gasteiger partial charge in [0.05, 0.1) is 16.3 Å². The van der Waals surface area contributed by atoms with Gasteiger partial charge in [-0.05, 0) is 59.1 Å². The number of carbonyl (C=O) groups is 3. The van der Waals surface area contributed by atoms with Gasteiger partial charge in [-0.2, -0.15) is 5.10 Å². The number of carbonyl (C=O) groups excluding carboxylic acids is 3. The van der Waals surface area contributed by atoms with E-state index in [4.69, 9.17) is 23.2 Å². The molecule has 0 saturated heterocycles. The Hall–Kier alpha value is -2.95. The van der Waals surface area contributed by atoms with Crippen molar-refractivity contribution in [2.45, 2.75) is 20.3 Å². The van der Waals surface area contributed by atoms with Crippen molar-refractivity contribution in [1.82, 2.24) is 25.4 Å². The number of hydrogen-bond donors (Lipinski definition) is 3. The predicted octanol–water partition coefficient (Wildman–Crippen LogP) is 4.75. The second-order valence-electron chi connectivity index (χ2n) is 6.88. The minimum Gasteiger partial charge on any atom is -0.352 e. The maximum atomic E-state index is 12.8. The summed E-state index contributed by atoms with van der Waals surface area (Å²) in [7, 11) is 0. The molecule has 2 aromatic heterocycles. The summed E-state index contributed by atoms with van der Waals surface area (Å²) in [6.07, 6.45) is 2.24. The monoisotopic (exact) mass is 552 g/mol. The first-order chi connectivity index (χ1) is 15.7. The summed E-state index contributed by atoms with van der Waals surface area (Å²) >= 11 is 15.5. The number of pyridine rings is 1. The van der Waals surface area contributed by atoms with Crippen LogP contribution < -0.4 is 16.0 Å². The number of benzene rings is 1. The van der Waals surface area contributed by atoms with Crippen LogP contribution in [0.1, 0.15) is 39.8 Å². The van der Waals surface area contributed by atoms with Crippen molar-refractivity contribution in [1.29, 1.82) is 0 Å². The van der Waals surface area contributed by atoms with Crippen LogP contribution in [0.15, 0.2) is 41.1 Å². The zero-order chi connectivity index (χ0) is 24.1. The van der Waals surface area contributed by atoms with Crippen LogP contribution in [0.4, 0.5) is 10.5 Å². The smallest absolute Gasteiger partial charge is 0.326 e. The summed E-state index contributed by atoms with van der Waals surface area (Å²) in [5.74, 6) is -0.925. The zero-order valence-corrected chi connectivity index (χ0v) is 20.7. The number of amides is 4. The van der Waals surface area contributed by atoms with Crippen molar-refractivity contribution in [3.63, 3.8) is 0 Å². The maximum absolute atomic E-state index is 12.8. The largest absolute Gasteiger partial charge is 0.352 e. The molecule has 9 nitrogen and oxygen atoms in total. The fourth-order valence-corrected chi connectivity index (χ4v) is 3.79. The predicted molar refractivity (Wildman–Crippen MR) is 129 cm³/mol. The van der Waals surface area contributed by atoms with Crippen LogP contribution in [0.25, 0.3) is 5.82 Å². The van der Waals surface area contributed by atoms with E-state index in [2.05, 4.69) is 42.0 Å². The Morgan fingerprint density at radius 1 is 1.15 bits per heavy atom. The summed E-state index contributed by atoms with van der Waals surface area (Å²) in [6.45, 7) is 4.07. The number of urea groups is 1. The normalized spacial score (nSPS) is 10.6. The number of aryl methyl sites for hydroxylation is 1. The molecule has 0 saturated carbocycles. The Morgan fingerprint density at radius 2 is 1.91 bits per heavy atom. The number of nitrogens with zero attached hydrogens (tertiary/aromatic N) is 3. The molecule has 172 valence electrons. The first kappa shape index (κ1) is 24.7.